The molecule has 0 aliphatic carbocycles. The van der Waals surface area contributed by atoms with E-state index in [1.807, 2.05) is 0 Å². The van der Waals surface area contributed by atoms with Crippen LogP contribution in [0.15, 0.2) is 42.5 Å². The van der Waals surface area contributed by atoms with Crippen LogP contribution in [-0.4, -0.2) is 32.1 Å². The lowest BCUT2D eigenvalue weighted by atomic mass is 10.2. The summed E-state index contributed by atoms with van der Waals surface area (Å²) in [4.78, 5) is 25.8. The third kappa shape index (κ3) is 3.26. The van der Waals surface area contributed by atoms with Crippen LogP contribution in [0.3, 0.4) is 0 Å². The first-order chi connectivity index (χ1) is 12.0. The Morgan fingerprint density at radius 2 is 1.92 bits per heavy atom. The molecule has 1 aliphatic heterocycles. The molecule has 1 saturated heterocycles. The second-order valence-electron chi connectivity index (χ2n) is 5.51. The first-order valence-electron chi connectivity index (χ1n) is 7.64. The highest BCUT2D eigenvalue weighted by atomic mass is 19.1. The number of benzene rings is 2. The van der Waals surface area contributed by atoms with Crippen molar-refractivity contribution in [3.8, 4) is 11.5 Å². The number of ether oxygens (including phenoxy) is 2. The maximum Gasteiger partial charge on any atom is 0.256 e. The van der Waals surface area contributed by atoms with Gasteiger partial charge >= 0.3 is 0 Å². The van der Waals surface area contributed by atoms with Gasteiger partial charge in [0, 0.05) is 6.07 Å². The molecule has 0 bridgehead atoms. The summed E-state index contributed by atoms with van der Waals surface area (Å²) in [5.74, 6) is -0.234. The summed E-state index contributed by atoms with van der Waals surface area (Å²) in [6.45, 7) is 0. The van der Waals surface area contributed by atoms with Gasteiger partial charge in [-0.1, -0.05) is 6.07 Å². The Morgan fingerprint density at radius 3 is 2.60 bits per heavy atom. The Hall–Kier alpha value is -3.09. The van der Waals surface area contributed by atoms with E-state index in [1.165, 1.54) is 32.4 Å². The van der Waals surface area contributed by atoms with E-state index in [-0.39, 0.29) is 18.0 Å². The third-order valence-corrected chi connectivity index (χ3v) is 3.95. The van der Waals surface area contributed by atoms with Gasteiger partial charge in [0.2, 0.25) is 5.91 Å². The quantitative estimate of drug-likeness (QED) is 0.845. The van der Waals surface area contributed by atoms with Crippen molar-refractivity contribution in [3.05, 3.63) is 48.3 Å². The highest BCUT2D eigenvalue weighted by molar-refractivity contribution is 6.23. The Balaban J connectivity index is 1.83. The number of imide groups is 1. The van der Waals surface area contributed by atoms with Gasteiger partial charge in [-0.3, -0.25) is 9.59 Å². The number of nitrogens with zero attached hydrogens (tertiary/aromatic N) is 1. The van der Waals surface area contributed by atoms with E-state index < -0.39 is 17.8 Å². The molecule has 1 heterocycles. The molecule has 2 aromatic carbocycles. The number of amides is 2. The maximum absolute atomic E-state index is 13.4. The minimum Gasteiger partial charge on any atom is -0.497 e. The summed E-state index contributed by atoms with van der Waals surface area (Å²) in [5, 5.41) is 3.02. The van der Waals surface area contributed by atoms with E-state index in [4.69, 9.17) is 9.47 Å². The van der Waals surface area contributed by atoms with Crippen molar-refractivity contribution in [2.24, 2.45) is 0 Å². The monoisotopic (exact) mass is 344 g/mol. The second kappa shape index (κ2) is 6.80. The topological polar surface area (TPSA) is 67.9 Å². The predicted octanol–water partition coefficient (Wildman–Crippen LogP) is 2.59. The zero-order valence-corrected chi connectivity index (χ0v) is 13.8. The van der Waals surface area contributed by atoms with Crippen LogP contribution in [0.5, 0.6) is 11.5 Å². The Bertz CT molecular complexity index is 824. The van der Waals surface area contributed by atoms with E-state index in [0.717, 1.165) is 11.0 Å². The molecule has 130 valence electrons. The minimum absolute atomic E-state index is 0.0233. The molecule has 0 spiro atoms. The number of nitrogens with one attached hydrogen (secondary N) is 1. The molecule has 0 saturated carbocycles. The van der Waals surface area contributed by atoms with Gasteiger partial charge in [0.15, 0.2) is 0 Å². The Kier molecular flexibility index (Phi) is 4.56. The van der Waals surface area contributed by atoms with Gasteiger partial charge in [-0.05, 0) is 30.3 Å². The van der Waals surface area contributed by atoms with Crippen LogP contribution < -0.4 is 19.7 Å². The van der Waals surface area contributed by atoms with E-state index in [1.54, 1.807) is 18.2 Å². The van der Waals surface area contributed by atoms with Gasteiger partial charge in [-0.25, -0.2) is 9.29 Å². The average Bonchev–Trinajstić information content (AvgIpc) is 2.88. The van der Waals surface area contributed by atoms with Crippen molar-refractivity contribution in [3.63, 3.8) is 0 Å². The van der Waals surface area contributed by atoms with Gasteiger partial charge < -0.3 is 14.8 Å². The first-order valence-corrected chi connectivity index (χ1v) is 7.64. The molecule has 1 fully saturated rings. The Morgan fingerprint density at radius 1 is 1.12 bits per heavy atom. The number of carbonyl (C=O) groups excluding carboxylic acids is 2. The van der Waals surface area contributed by atoms with Crippen LogP contribution in [-0.2, 0) is 9.59 Å². The van der Waals surface area contributed by atoms with Gasteiger partial charge in [0.05, 0.1) is 32.0 Å². The fourth-order valence-electron chi connectivity index (χ4n) is 2.74. The smallest absolute Gasteiger partial charge is 0.256 e. The van der Waals surface area contributed by atoms with Gasteiger partial charge in [-0.15, -0.1) is 0 Å². The molecule has 0 aromatic heterocycles. The highest BCUT2D eigenvalue weighted by Gasteiger charge is 2.40. The first kappa shape index (κ1) is 16.8. The standard InChI is InChI=1S/C18H17FN2O4/c1-24-13-6-7-14(16(9-13)25-2)20-15-10-17(22)21(18(15)23)12-5-3-4-11(19)8-12/h3-9,15,20H,10H2,1-2H3/t15-/m0/s1. The number of hydrogen-bond donors (Lipinski definition) is 1. The van der Waals surface area contributed by atoms with Crippen LogP contribution in [0.25, 0.3) is 0 Å². The summed E-state index contributed by atoms with van der Waals surface area (Å²) < 4.78 is 23.8. The lowest BCUT2D eigenvalue weighted by Crippen LogP contribution is -2.34. The van der Waals surface area contributed by atoms with Crippen molar-refractivity contribution < 1.29 is 23.5 Å². The highest BCUT2D eigenvalue weighted by Crippen LogP contribution is 2.32. The normalized spacial score (nSPS) is 16.9. The maximum atomic E-state index is 13.4. The number of carbonyl (C=O) groups is 2. The summed E-state index contributed by atoms with van der Waals surface area (Å²) in [7, 11) is 3.04. The lowest BCUT2D eigenvalue weighted by Gasteiger charge is -2.17. The molecule has 2 aromatic rings. The fraction of sp³-hybridized carbons (Fsp3) is 0.222. The van der Waals surface area contributed by atoms with Crippen molar-refractivity contribution in [2.45, 2.75) is 12.5 Å². The largest absolute Gasteiger partial charge is 0.497 e. The molecule has 3 rings (SSSR count). The molecule has 2 amide bonds. The number of hydrogen-bond acceptors (Lipinski definition) is 5. The Labute approximate surface area is 144 Å². The van der Waals surface area contributed by atoms with Crippen LogP contribution >= 0.6 is 0 Å². The van der Waals surface area contributed by atoms with E-state index >= 15 is 0 Å². The van der Waals surface area contributed by atoms with Crippen molar-refractivity contribution in [1.29, 1.82) is 0 Å². The molecule has 1 N–H and O–H groups in total. The number of rotatable bonds is 5. The molecule has 1 atom stereocenters. The van der Waals surface area contributed by atoms with Crippen LogP contribution in [0.4, 0.5) is 15.8 Å². The van der Waals surface area contributed by atoms with Crippen molar-refractivity contribution in [1.82, 2.24) is 0 Å². The lowest BCUT2D eigenvalue weighted by molar-refractivity contribution is -0.121. The average molecular weight is 344 g/mol. The predicted molar refractivity (Wildman–Crippen MR) is 90.5 cm³/mol. The molecule has 6 nitrogen and oxygen atoms in total. The number of anilines is 2. The summed E-state index contributed by atoms with van der Waals surface area (Å²) in [6, 6.07) is 9.75. The molecule has 0 radical (unpaired) electrons. The SMILES string of the molecule is COc1ccc(N[C@H]2CC(=O)N(c3cccc(F)c3)C2=O)c(OC)c1. The second-order valence-corrected chi connectivity index (χ2v) is 5.51. The summed E-state index contributed by atoms with van der Waals surface area (Å²) in [5.41, 5.74) is 0.788. The third-order valence-electron chi connectivity index (χ3n) is 3.95. The van der Waals surface area contributed by atoms with E-state index in [9.17, 15) is 14.0 Å². The summed E-state index contributed by atoms with van der Waals surface area (Å²) in [6.07, 6.45) is -0.0233. The van der Waals surface area contributed by atoms with Gasteiger partial charge in [0.25, 0.3) is 5.91 Å². The number of halogens is 1. The molecule has 0 unspecified atom stereocenters. The zero-order valence-electron chi connectivity index (χ0n) is 13.8. The van der Waals surface area contributed by atoms with Gasteiger partial charge in [0.1, 0.15) is 23.4 Å². The molecule has 1 aliphatic rings. The minimum atomic E-state index is -0.752. The van der Waals surface area contributed by atoms with Crippen LogP contribution in [0.1, 0.15) is 6.42 Å². The van der Waals surface area contributed by atoms with Crippen LogP contribution in [0, 0.1) is 5.82 Å². The van der Waals surface area contributed by atoms with E-state index in [2.05, 4.69) is 5.32 Å². The molecule has 7 heteroatoms. The fourth-order valence-corrected chi connectivity index (χ4v) is 2.74. The van der Waals surface area contributed by atoms with E-state index in [0.29, 0.717) is 17.2 Å². The molecule has 25 heavy (non-hydrogen) atoms. The zero-order chi connectivity index (χ0) is 18.0. The van der Waals surface area contributed by atoms with Gasteiger partial charge in [-0.2, -0.15) is 0 Å². The van der Waals surface area contributed by atoms with Crippen molar-refractivity contribution >= 4 is 23.2 Å². The van der Waals surface area contributed by atoms with Crippen LogP contribution in [0.2, 0.25) is 0 Å². The summed E-state index contributed by atoms with van der Waals surface area (Å²) >= 11 is 0. The molecular weight excluding hydrogens is 327 g/mol. The van der Waals surface area contributed by atoms with Crippen molar-refractivity contribution in [2.75, 3.05) is 24.4 Å². The molecular formula is C18H17FN2O4. The number of methoxy groups -OCH3 is 2.